The first-order valence-corrected chi connectivity index (χ1v) is 6.92. The van der Waals surface area contributed by atoms with Gasteiger partial charge in [0, 0.05) is 18.7 Å². The molecule has 0 spiro atoms. The quantitative estimate of drug-likeness (QED) is 0.855. The molecule has 88 valence electrons. The van der Waals surface area contributed by atoms with E-state index in [1.165, 1.54) is 21.2 Å². The number of nitrogens with zero attached hydrogens (tertiary/aromatic N) is 2. The molecule has 0 aliphatic carbocycles. The molecule has 2 heterocycles. The summed E-state index contributed by atoms with van der Waals surface area (Å²) < 4.78 is 3.45. The van der Waals surface area contributed by atoms with Crippen molar-refractivity contribution in [1.29, 1.82) is 0 Å². The van der Waals surface area contributed by atoms with Crippen LogP contribution in [0.15, 0.2) is 24.3 Å². The van der Waals surface area contributed by atoms with Crippen molar-refractivity contribution in [2.45, 2.75) is 25.9 Å². The lowest BCUT2D eigenvalue weighted by Gasteiger charge is -2.01. The maximum atomic E-state index is 5.61. The molecule has 3 nitrogen and oxygen atoms in total. The molecule has 3 rings (SSSR count). The Labute approximate surface area is 114 Å². The Bertz CT molecular complexity index is 543. The molecule has 0 radical (unpaired) electrons. The van der Waals surface area contributed by atoms with Gasteiger partial charge < -0.3 is 5.73 Å². The molecule has 0 atom stereocenters. The standard InChI is InChI=1S/C13H14IN3/c14-12-11-2-1-7-17(11)16-13(12)10-5-3-9(8-15)4-6-10/h3-6H,1-2,7-8,15H2. The van der Waals surface area contributed by atoms with Crippen LogP contribution in [0.25, 0.3) is 11.3 Å². The zero-order valence-electron chi connectivity index (χ0n) is 9.49. The highest BCUT2D eigenvalue weighted by Crippen LogP contribution is 2.30. The summed E-state index contributed by atoms with van der Waals surface area (Å²) in [5, 5.41) is 4.69. The van der Waals surface area contributed by atoms with Crippen LogP contribution in [-0.2, 0) is 19.5 Å². The van der Waals surface area contributed by atoms with Crippen molar-refractivity contribution in [3.63, 3.8) is 0 Å². The highest BCUT2D eigenvalue weighted by Gasteiger charge is 2.20. The van der Waals surface area contributed by atoms with Gasteiger partial charge in [-0.15, -0.1) is 0 Å². The van der Waals surface area contributed by atoms with Crippen LogP contribution in [-0.4, -0.2) is 9.78 Å². The second-order valence-electron chi connectivity index (χ2n) is 4.34. The summed E-state index contributed by atoms with van der Waals surface area (Å²) in [7, 11) is 0. The molecular formula is C13H14IN3. The van der Waals surface area contributed by atoms with Gasteiger partial charge in [0.05, 0.1) is 9.26 Å². The SMILES string of the molecule is NCc1ccc(-c2nn3c(c2I)CCC3)cc1. The molecule has 17 heavy (non-hydrogen) atoms. The van der Waals surface area contributed by atoms with Crippen molar-refractivity contribution in [3.05, 3.63) is 39.1 Å². The van der Waals surface area contributed by atoms with Crippen LogP contribution in [0.5, 0.6) is 0 Å². The van der Waals surface area contributed by atoms with Crippen molar-refractivity contribution < 1.29 is 0 Å². The number of hydrogen-bond acceptors (Lipinski definition) is 2. The molecule has 2 aromatic rings. The van der Waals surface area contributed by atoms with E-state index in [0.29, 0.717) is 6.54 Å². The molecule has 0 amide bonds. The Morgan fingerprint density at radius 1 is 1.29 bits per heavy atom. The van der Waals surface area contributed by atoms with E-state index in [-0.39, 0.29) is 0 Å². The van der Waals surface area contributed by atoms with Crippen molar-refractivity contribution in [2.75, 3.05) is 0 Å². The third kappa shape index (κ3) is 1.89. The van der Waals surface area contributed by atoms with Gasteiger partial charge in [0.2, 0.25) is 0 Å². The van der Waals surface area contributed by atoms with Crippen molar-refractivity contribution in [1.82, 2.24) is 9.78 Å². The average Bonchev–Trinajstić information content (AvgIpc) is 2.93. The molecule has 1 aromatic heterocycles. The van der Waals surface area contributed by atoms with Gasteiger partial charge in [-0.1, -0.05) is 24.3 Å². The molecule has 2 N–H and O–H groups in total. The molecule has 1 aromatic carbocycles. The predicted molar refractivity (Wildman–Crippen MR) is 76.6 cm³/mol. The van der Waals surface area contributed by atoms with Gasteiger partial charge in [0.15, 0.2) is 0 Å². The largest absolute Gasteiger partial charge is 0.326 e. The average molecular weight is 339 g/mol. The van der Waals surface area contributed by atoms with Crippen LogP contribution >= 0.6 is 22.6 Å². The van der Waals surface area contributed by atoms with Crippen LogP contribution in [0.2, 0.25) is 0 Å². The minimum absolute atomic E-state index is 0.594. The fourth-order valence-electron chi connectivity index (χ4n) is 2.28. The van der Waals surface area contributed by atoms with Gasteiger partial charge in [-0.2, -0.15) is 5.10 Å². The lowest BCUT2D eigenvalue weighted by atomic mass is 10.1. The highest BCUT2D eigenvalue weighted by molar-refractivity contribution is 14.1. The van der Waals surface area contributed by atoms with Gasteiger partial charge in [-0.05, 0) is 41.0 Å². The summed E-state index contributed by atoms with van der Waals surface area (Å²) in [6.07, 6.45) is 2.39. The fourth-order valence-corrected chi connectivity index (χ4v) is 3.25. The first-order chi connectivity index (χ1) is 8.29. The van der Waals surface area contributed by atoms with E-state index in [4.69, 9.17) is 10.8 Å². The van der Waals surface area contributed by atoms with E-state index >= 15 is 0 Å². The number of benzene rings is 1. The lowest BCUT2D eigenvalue weighted by molar-refractivity contribution is 0.659. The van der Waals surface area contributed by atoms with Gasteiger partial charge in [-0.25, -0.2) is 0 Å². The minimum Gasteiger partial charge on any atom is -0.326 e. The zero-order chi connectivity index (χ0) is 11.8. The van der Waals surface area contributed by atoms with Gasteiger partial charge >= 0.3 is 0 Å². The molecule has 0 saturated heterocycles. The molecule has 0 fully saturated rings. The normalized spacial score (nSPS) is 14.0. The Morgan fingerprint density at radius 2 is 2.06 bits per heavy atom. The molecule has 1 aliphatic rings. The molecule has 0 bridgehead atoms. The summed E-state index contributed by atoms with van der Waals surface area (Å²) in [6, 6.07) is 8.39. The van der Waals surface area contributed by atoms with E-state index < -0.39 is 0 Å². The maximum Gasteiger partial charge on any atom is 0.106 e. The highest BCUT2D eigenvalue weighted by atomic mass is 127. The van der Waals surface area contributed by atoms with E-state index in [1.54, 1.807) is 0 Å². The lowest BCUT2D eigenvalue weighted by Crippen LogP contribution is -1.96. The first-order valence-electron chi connectivity index (χ1n) is 5.84. The third-order valence-electron chi connectivity index (χ3n) is 3.24. The van der Waals surface area contributed by atoms with Crippen LogP contribution in [0, 0.1) is 3.57 Å². The van der Waals surface area contributed by atoms with E-state index in [9.17, 15) is 0 Å². The first kappa shape index (κ1) is 11.2. The van der Waals surface area contributed by atoms with Crippen molar-refractivity contribution in [3.8, 4) is 11.3 Å². The summed E-state index contributed by atoms with van der Waals surface area (Å²) >= 11 is 2.42. The predicted octanol–water partition coefficient (Wildman–Crippen LogP) is 2.56. The van der Waals surface area contributed by atoms with Gasteiger partial charge in [0.25, 0.3) is 0 Å². The van der Waals surface area contributed by atoms with Crippen molar-refractivity contribution >= 4 is 22.6 Å². The van der Waals surface area contributed by atoms with Crippen LogP contribution < -0.4 is 5.73 Å². The third-order valence-corrected chi connectivity index (χ3v) is 4.37. The van der Waals surface area contributed by atoms with E-state index in [1.807, 2.05) is 0 Å². The number of nitrogens with two attached hydrogens (primary N) is 1. The number of aryl methyl sites for hydroxylation is 1. The number of fused-ring (bicyclic) bond motifs is 1. The Balaban J connectivity index is 2.03. The Hall–Kier alpha value is -0.880. The number of rotatable bonds is 2. The number of hydrogen-bond donors (Lipinski definition) is 1. The van der Waals surface area contributed by atoms with Crippen molar-refractivity contribution in [2.24, 2.45) is 5.73 Å². The second kappa shape index (κ2) is 4.42. The smallest absolute Gasteiger partial charge is 0.106 e. The van der Waals surface area contributed by atoms with Gasteiger partial charge in [-0.3, -0.25) is 4.68 Å². The molecule has 4 heteroatoms. The number of halogens is 1. The fraction of sp³-hybridized carbons (Fsp3) is 0.308. The molecule has 0 unspecified atom stereocenters. The summed E-state index contributed by atoms with van der Waals surface area (Å²) in [6.45, 7) is 1.66. The zero-order valence-corrected chi connectivity index (χ0v) is 11.6. The van der Waals surface area contributed by atoms with E-state index in [0.717, 1.165) is 24.2 Å². The van der Waals surface area contributed by atoms with Gasteiger partial charge in [0.1, 0.15) is 5.69 Å². The summed E-state index contributed by atoms with van der Waals surface area (Å²) in [5.41, 5.74) is 10.5. The summed E-state index contributed by atoms with van der Waals surface area (Å²) in [4.78, 5) is 0. The molecule has 1 aliphatic heterocycles. The summed E-state index contributed by atoms with van der Waals surface area (Å²) in [5.74, 6) is 0. The van der Waals surface area contributed by atoms with Crippen LogP contribution in [0.3, 0.4) is 0 Å². The second-order valence-corrected chi connectivity index (χ2v) is 5.42. The Morgan fingerprint density at radius 3 is 2.71 bits per heavy atom. The topological polar surface area (TPSA) is 43.8 Å². The minimum atomic E-state index is 0.594. The van der Waals surface area contributed by atoms with Crippen LogP contribution in [0.4, 0.5) is 0 Å². The Kier molecular flexibility index (Phi) is 2.92. The molecule has 0 saturated carbocycles. The monoisotopic (exact) mass is 339 g/mol. The number of aromatic nitrogens is 2. The molecular weight excluding hydrogens is 325 g/mol. The van der Waals surface area contributed by atoms with Crippen LogP contribution in [0.1, 0.15) is 17.7 Å². The van der Waals surface area contributed by atoms with E-state index in [2.05, 4.69) is 51.5 Å². The maximum absolute atomic E-state index is 5.61.